The Balaban J connectivity index is 1.74. The lowest BCUT2D eigenvalue weighted by Gasteiger charge is -2.35. The van der Waals surface area contributed by atoms with E-state index >= 15 is 0 Å². The summed E-state index contributed by atoms with van der Waals surface area (Å²) in [6.07, 6.45) is 9.05. The van der Waals surface area contributed by atoms with Crippen LogP contribution in [0.5, 0.6) is 0 Å². The lowest BCUT2D eigenvalue weighted by molar-refractivity contribution is 0.0179. The number of ether oxygens (including phenoxy) is 1. The summed E-state index contributed by atoms with van der Waals surface area (Å²) in [7, 11) is 1.84. The molecule has 128 valence electrons. The molecular formula is C17H28N4O2. The van der Waals surface area contributed by atoms with Crippen molar-refractivity contribution in [3.63, 3.8) is 0 Å². The smallest absolute Gasteiger partial charge is 0.410 e. The van der Waals surface area contributed by atoms with Gasteiger partial charge in [-0.15, -0.1) is 0 Å². The summed E-state index contributed by atoms with van der Waals surface area (Å²) in [5, 5.41) is 3.53. The predicted molar refractivity (Wildman–Crippen MR) is 88.9 cm³/mol. The van der Waals surface area contributed by atoms with Crippen LogP contribution >= 0.6 is 0 Å². The highest BCUT2D eigenvalue weighted by atomic mass is 16.6. The molecule has 1 fully saturated rings. The molecule has 0 unspecified atom stereocenters. The van der Waals surface area contributed by atoms with Crippen molar-refractivity contribution in [2.45, 2.75) is 70.7 Å². The molecule has 6 heteroatoms. The molecule has 1 saturated carbocycles. The summed E-state index contributed by atoms with van der Waals surface area (Å²) in [4.78, 5) is 22.2. The maximum atomic E-state index is 12.1. The minimum atomic E-state index is -0.444. The Labute approximate surface area is 138 Å². The standard InChI is InChI=1S/C17H28N4O2/c1-17(2,3)23-16(22)21(4)15-7-5-13(6-8-15)20-12-14-11-18-9-10-19-14/h9-11,13,15,20H,5-8,12H2,1-4H3. The van der Waals surface area contributed by atoms with Gasteiger partial charge in [-0.3, -0.25) is 9.97 Å². The van der Waals surface area contributed by atoms with Gasteiger partial charge in [-0.05, 0) is 46.5 Å². The number of carbonyl (C=O) groups is 1. The molecule has 1 aliphatic carbocycles. The summed E-state index contributed by atoms with van der Waals surface area (Å²) in [6, 6.07) is 0.736. The van der Waals surface area contributed by atoms with Gasteiger partial charge in [0, 0.05) is 44.3 Å². The second-order valence-electron chi connectivity index (χ2n) is 7.17. The van der Waals surface area contributed by atoms with Crippen LogP contribution in [0.4, 0.5) is 4.79 Å². The first kappa shape index (κ1) is 17.7. The van der Waals surface area contributed by atoms with E-state index in [4.69, 9.17) is 4.74 Å². The van der Waals surface area contributed by atoms with Gasteiger partial charge in [0.15, 0.2) is 0 Å². The molecule has 0 saturated heterocycles. The molecule has 0 aromatic carbocycles. The van der Waals surface area contributed by atoms with Crippen LogP contribution in [0.3, 0.4) is 0 Å². The highest BCUT2D eigenvalue weighted by Crippen LogP contribution is 2.24. The second kappa shape index (κ2) is 7.73. The van der Waals surface area contributed by atoms with Crippen LogP contribution in [0.25, 0.3) is 0 Å². The fraction of sp³-hybridized carbons (Fsp3) is 0.706. The topological polar surface area (TPSA) is 67.3 Å². The maximum absolute atomic E-state index is 12.1. The van der Waals surface area contributed by atoms with Crippen LogP contribution in [0, 0.1) is 0 Å². The molecule has 1 amide bonds. The van der Waals surface area contributed by atoms with E-state index in [-0.39, 0.29) is 12.1 Å². The van der Waals surface area contributed by atoms with E-state index in [0.29, 0.717) is 6.04 Å². The average Bonchev–Trinajstić information content (AvgIpc) is 2.52. The molecule has 2 rings (SSSR count). The number of rotatable bonds is 4. The van der Waals surface area contributed by atoms with E-state index in [1.807, 2.05) is 27.8 Å². The van der Waals surface area contributed by atoms with Crippen molar-refractivity contribution < 1.29 is 9.53 Å². The molecule has 1 aliphatic rings. The Bertz CT molecular complexity index is 493. The van der Waals surface area contributed by atoms with Crippen molar-refractivity contribution in [2.24, 2.45) is 0 Å². The minimum Gasteiger partial charge on any atom is -0.444 e. The van der Waals surface area contributed by atoms with Crippen LogP contribution in [-0.2, 0) is 11.3 Å². The number of nitrogens with zero attached hydrogens (tertiary/aromatic N) is 3. The molecule has 0 radical (unpaired) electrons. The largest absolute Gasteiger partial charge is 0.444 e. The van der Waals surface area contributed by atoms with Gasteiger partial charge in [-0.2, -0.15) is 0 Å². The highest BCUT2D eigenvalue weighted by Gasteiger charge is 2.29. The molecule has 0 atom stereocenters. The Kier molecular flexibility index (Phi) is 5.93. The summed E-state index contributed by atoms with van der Waals surface area (Å²) in [5.41, 5.74) is 0.515. The zero-order valence-corrected chi connectivity index (χ0v) is 14.6. The SMILES string of the molecule is CN(C(=O)OC(C)(C)C)C1CCC(NCc2cnccn2)CC1. The van der Waals surface area contributed by atoms with Gasteiger partial charge in [0.25, 0.3) is 0 Å². The van der Waals surface area contributed by atoms with Gasteiger partial charge in [0.2, 0.25) is 0 Å². The lowest BCUT2D eigenvalue weighted by Crippen LogP contribution is -2.44. The number of carbonyl (C=O) groups excluding carboxylic acids is 1. The molecule has 23 heavy (non-hydrogen) atoms. The van der Waals surface area contributed by atoms with Crippen LogP contribution in [-0.4, -0.2) is 45.7 Å². The number of amides is 1. The Morgan fingerprint density at radius 1 is 1.30 bits per heavy atom. The third kappa shape index (κ3) is 5.78. The highest BCUT2D eigenvalue weighted by molar-refractivity contribution is 5.68. The van der Waals surface area contributed by atoms with E-state index in [1.165, 1.54) is 0 Å². The van der Waals surface area contributed by atoms with Gasteiger partial charge < -0.3 is 15.0 Å². The van der Waals surface area contributed by atoms with Crippen molar-refractivity contribution >= 4 is 6.09 Å². The quantitative estimate of drug-likeness (QED) is 0.924. The number of aromatic nitrogens is 2. The fourth-order valence-electron chi connectivity index (χ4n) is 2.82. The number of hydrogen-bond donors (Lipinski definition) is 1. The molecule has 1 N–H and O–H groups in total. The van der Waals surface area contributed by atoms with Crippen LogP contribution in [0.2, 0.25) is 0 Å². The fourth-order valence-corrected chi connectivity index (χ4v) is 2.82. The molecular weight excluding hydrogens is 292 g/mol. The molecule has 1 aromatic rings. The van der Waals surface area contributed by atoms with Crippen molar-refractivity contribution in [2.75, 3.05) is 7.05 Å². The Morgan fingerprint density at radius 3 is 2.57 bits per heavy atom. The average molecular weight is 320 g/mol. The van der Waals surface area contributed by atoms with Gasteiger partial charge in [0.05, 0.1) is 5.69 Å². The zero-order valence-electron chi connectivity index (χ0n) is 14.6. The predicted octanol–water partition coefficient (Wildman–Crippen LogP) is 2.74. The third-order valence-electron chi connectivity index (χ3n) is 4.11. The number of nitrogens with one attached hydrogen (secondary N) is 1. The summed E-state index contributed by atoms with van der Waals surface area (Å²) >= 11 is 0. The van der Waals surface area contributed by atoms with E-state index < -0.39 is 5.60 Å². The number of hydrogen-bond acceptors (Lipinski definition) is 5. The van der Waals surface area contributed by atoms with Crippen molar-refractivity contribution in [3.8, 4) is 0 Å². The van der Waals surface area contributed by atoms with Gasteiger partial charge in [0.1, 0.15) is 5.60 Å². The molecule has 1 heterocycles. The lowest BCUT2D eigenvalue weighted by atomic mass is 9.90. The van der Waals surface area contributed by atoms with Crippen LogP contribution in [0.15, 0.2) is 18.6 Å². The van der Waals surface area contributed by atoms with Crippen molar-refractivity contribution in [1.29, 1.82) is 0 Å². The summed E-state index contributed by atoms with van der Waals surface area (Å²) in [5.74, 6) is 0. The van der Waals surface area contributed by atoms with Crippen LogP contribution in [0.1, 0.15) is 52.1 Å². The van der Waals surface area contributed by atoms with E-state index in [2.05, 4.69) is 15.3 Å². The Hall–Kier alpha value is -1.69. The molecule has 0 spiro atoms. The molecule has 6 nitrogen and oxygen atoms in total. The third-order valence-corrected chi connectivity index (χ3v) is 4.11. The second-order valence-corrected chi connectivity index (χ2v) is 7.17. The molecule has 0 aliphatic heterocycles. The minimum absolute atomic E-state index is 0.228. The first-order valence-electron chi connectivity index (χ1n) is 8.29. The molecule has 0 bridgehead atoms. The van der Waals surface area contributed by atoms with Gasteiger partial charge >= 0.3 is 6.09 Å². The molecule has 1 aromatic heterocycles. The van der Waals surface area contributed by atoms with E-state index in [0.717, 1.165) is 37.9 Å². The zero-order chi connectivity index (χ0) is 16.9. The van der Waals surface area contributed by atoms with E-state index in [9.17, 15) is 4.79 Å². The van der Waals surface area contributed by atoms with Crippen molar-refractivity contribution in [1.82, 2.24) is 20.2 Å². The maximum Gasteiger partial charge on any atom is 0.410 e. The monoisotopic (exact) mass is 320 g/mol. The first-order chi connectivity index (χ1) is 10.8. The van der Waals surface area contributed by atoms with Crippen LogP contribution < -0.4 is 5.32 Å². The Morgan fingerprint density at radius 2 is 2.00 bits per heavy atom. The van der Waals surface area contributed by atoms with Gasteiger partial charge in [-0.1, -0.05) is 0 Å². The van der Waals surface area contributed by atoms with E-state index in [1.54, 1.807) is 23.5 Å². The summed E-state index contributed by atoms with van der Waals surface area (Å²) < 4.78 is 5.44. The van der Waals surface area contributed by atoms with Crippen molar-refractivity contribution in [3.05, 3.63) is 24.3 Å². The summed E-state index contributed by atoms with van der Waals surface area (Å²) in [6.45, 7) is 6.43. The van der Waals surface area contributed by atoms with Gasteiger partial charge in [-0.25, -0.2) is 4.79 Å². The normalized spacial score (nSPS) is 21.7. The first-order valence-corrected chi connectivity index (χ1v) is 8.29.